The number of hydrogen-bond donors (Lipinski definition) is 0. The first kappa shape index (κ1) is 18.0. The van der Waals surface area contributed by atoms with Gasteiger partial charge >= 0.3 is 12.1 Å². The molecule has 23 heavy (non-hydrogen) atoms. The van der Waals surface area contributed by atoms with Gasteiger partial charge in [-0.15, -0.1) is 0 Å². The molecular weight excluding hydrogens is 324 g/mol. The van der Waals surface area contributed by atoms with Crippen molar-refractivity contribution in [2.45, 2.75) is 38.5 Å². The van der Waals surface area contributed by atoms with Gasteiger partial charge in [-0.05, 0) is 20.8 Å². The van der Waals surface area contributed by atoms with Crippen LogP contribution in [0.15, 0.2) is 0 Å². The zero-order chi connectivity index (χ0) is 17.4. The predicted octanol–water partition coefficient (Wildman–Crippen LogP) is -0.122. The first-order valence-electron chi connectivity index (χ1n) is 7.53. The van der Waals surface area contributed by atoms with E-state index in [9.17, 15) is 18.0 Å². The van der Waals surface area contributed by atoms with E-state index in [-0.39, 0.29) is 18.1 Å². The summed E-state index contributed by atoms with van der Waals surface area (Å²) in [5, 5.41) is 0. The molecular formula is C14H24N2O6S. The van der Waals surface area contributed by atoms with Gasteiger partial charge in [0.1, 0.15) is 5.60 Å². The second-order valence-corrected chi connectivity index (χ2v) is 9.09. The Morgan fingerprint density at radius 3 is 2.30 bits per heavy atom. The highest BCUT2D eigenvalue weighted by atomic mass is 32.2. The lowest BCUT2D eigenvalue weighted by Crippen LogP contribution is -2.61. The van der Waals surface area contributed by atoms with Crippen molar-refractivity contribution in [2.75, 3.05) is 38.2 Å². The second-order valence-electron chi connectivity index (χ2n) is 6.93. The Hall–Kier alpha value is -1.35. The summed E-state index contributed by atoms with van der Waals surface area (Å²) in [5.74, 6) is -0.582. The summed E-state index contributed by atoms with van der Waals surface area (Å²) in [5.41, 5.74) is -0.646. The molecule has 2 atom stereocenters. The minimum atomic E-state index is -3.26. The molecule has 0 aromatic rings. The van der Waals surface area contributed by atoms with E-state index in [1.54, 1.807) is 25.7 Å². The number of ether oxygens (including phenoxy) is 2. The van der Waals surface area contributed by atoms with E-state index in [2.05, 4.69) is 4.74 Å². The van der Waals surface area contributed by atoms with E-state index in [0.29, 0.717) is 13.1 Å². The fraction of sp³-hybridized carbons (Fsp3) is 0.857. The van der Waals surface area contributed by atoms with Crippen LogP contribution in [-0.2, 0) is 24.1 Å². The van der Waals surface area contributed by atoms with E-state index in [4.69, 9.17) is 4.74 Å². The first-order valence-corrected chi connectivity index (χ1v) is 9.35. The SMILES string of the molecule is COC(=O)CN1CCN(C(=O)OC(C)(C)C)[C@@H]2CS(=O)(=O)C[C@@H]21. The molecule has 2 fully saturated rings. The van der Waals surface area contributed by atoms with Crippen LogP contribution in [-0.4, -0.2) is 86.2 Å². The van der Waals surface area contributed by atoms with Gasteiger partial charge in [-0.2, -0.15) is 0 Å². The number of fused-ring (bicyclic) bond motifs is 1. The van der Waals surface area contributed by atoms with Crippen LogP contribution in [0, 0.1) is 0 Å². The highest BCUT2D eigenvalue weighted by Gasteiger charge is 2.49. The van der Waals surface area contributed by atoms with Gasteiger partial charge in [-0.3, -0.25) is 9.69 Å². The van der Waals surface area contributed by atoms with Crippen LogP contribution in [0.1, 0.15) is 20.8 Å². The minimum absolute atomic E-state index is 0.0232. The normalized spacial score (nSPS) is 27.4. The number of carbonyl (C=O) groups is 2. The molecule has 0 unspecified atom stereocenters. The highest BCUT2D eigenvalue weighted by molar-refractivity contribution is 7.91. The van der Waals surface area contributed by atoms with Crippen molar-refractivity contribution in [1.29, 1.82) is 0 Å². The molecule has 2 aliphatic heterocycles. The number of esters is 1. The maximum Gasteiger partial charge on any atom is 0.410 e. The van der Waals surface area contributed by atoms with Crippen molar-refractivity contribution in [3.63, 3.8) is 0 Å². The number of methoxy groups -OCH3 is 1. The zero-order valence-electron chi connectivity index (χ0n) is 13.9. The molecule has 2 heterocycles. The lowest BCUT2D eigenvalue weighted by molar-refractivity contribution is -0.143. The number of amides is 1. The number of rotatable bonds is 2. The Morgan fingerprint density at radius 1 is 1.13 bits per heavy atom. The van der Waals surface area contributed by atoms with Crippen LogP contribution in [0.5, 0.6) is 0 Å². The molecule has 8 nitrogen and oxygen atoms in total. The summed E-state index contributed by atoms with van der Waals surface area (Å²) < 4.78 is 34.1. The number of hydrogen-bond acceptors (Lipinski definition) is 7. The molecule has 0 N–H and O–H groups in total. The van der Waals surface area contributed by atoms with Crippen LogP contribution in [0.2, 0.25) is 0 Å². The Balaban J connectivity index is 2.18. The number of sulfone groups is 1. The molecule has 1 amide bonds. The van der Waals surface area contributed by atoms with Gasteiger partial charge in [0, 0.05) is 19.1 Å². The molecule has 0 spiro atoms. The average Bonchev–Trinajstić information content (AvgIpc) is 2.72. The van der Waals surface area contributed by atoms with Crippen molar-refractivity contribution >= 4 is 21.9 Å². The molecule has 2 aliphatic rings. The molecule has 0 aliphatic carbocycles. The predicted molar refractivity (Wildman–Crippen MR) is 82.8 cm³/mol. The molecule has 0 saturated carbocycles. The summed E-state index contributed by atoms with van der Waals surface area (Å²) >= 11 is 0. The van der Waals surface area contributed by atoms with Crippen LogP contribution in [0.4, 0.5) is 4.79 Å². The highest BCUT2D eigenvalue weighted by Crippen LogP contribution is 2.28. The van der Waals surface area contributed by atoms with Crippen LogP contribution in [0.25, 0.3) is 0 Å². The Morgan fingerprint density at radius 2 is 1.74 bits per heavy atom. The number of piperazine rings is 1. The van der Waals surface area contributed by atoms with Gasteiger partial charge in [0.2, 0.25) is 0 Å². The van der Waals surface area contributed by atoms with Gasteiger partial charge in [-0.1, -0.05) is 0 Å². The third-order valence-electron chi connectivity index (χ3n) is 3.98. The van der Waals surface area contributed by atoms with Gasteiger partial charge in [0.05, 0.1) is 31.2 Å². The lowest BCUT2D eigenvalue weighted by atomic mass is 10.1. The van der Waals surface area contributed by atoms with Crippen LogP contribution >= 0.6 is 0 Å². The van der Waals surface area contributed by atoms with E-state index in [1.165, 1.54) is 12.0 Å². The fourth-order valence-electron chi connectivity index (χ4n) is 3.00. The van der Waals surface area contributed by atoms with Gasteiger partial charge in [0.25, 0.3) is 0 Å². The Kier molecular flexibility index (Phi) is 4.91. The fourth-order valence-corrected chi connectivity index (χ4v) is 5.01. The maximum atomic E-state index is 12.4. The van der Waals surface area contributed by atoms with E-state index < -0.39 is 39.6 Å². The number of nitrogens with zero attached hydrogens (tertiary/aromatic N) is 2. The summed E-state index contributed by atoms with van der Waals surface area (Å²) in [6.45, 7) is 6.05. The molecule has 0 bridgehead atoms. The summed E-state index contributed by atoms with van der Waals surface area (Å²) in [6, 6.07) is -0.895. The third kappa shape index (κ3) is 4.35. The van der Waals surface area contributed by atoms with Gasteiger partial charge in [-0.25, -0.2) is 13.2 Å². The zero-order valence-corrected chi connectivity index (χ0v) is 14.8. The summed E-state index contributed by atoms with van der Waals surface area (Å²) in [7, 11) is -1.96. The molecule has 0 radical (unpaired) electrons. The topological polar surface area (TPSA) is 93.2 Å². The molecule has 0 aromatic carbocycles. The smallest absolute Gasteiger partial charge is 0.410 e. The number of carbonyl (C=O) groups excluding carboxylic acids is 2. The largest absolute Gasteiger partial charge is 0.468 e. The monoisotopic (exact) mass is 348 g/mol. The average molecular weight is 348 g/mol. The third-order valence-corrected chi connectivity index (χ3v) is 5.68. The van der Waals surface area contributed by atoms with Crippen molar-refractivity contribution in [3.8, 4) is 0 Å². The standard InChI is InChI=1S/C14H24N2O6S/c1-14(2,3)22-13(18)16-6-5-15(7-12(17)21-4)10-8-23(19,20)9-11(10)16/h10-11H,5-9H2,1-4H3/t10-,11+/m0/s1. The summed E-state index contributed by atoms with van der Waals surface area (Å²) in [4.78, 5) is 27.1. The van der Waals surface area contributed by atoms with Crippen molar-refractivity contribution in [2.24, 2.45) is 0 Å². The van der Waals surface area contributed by atoms with E-state index >= 15 is 0 Å². The quantitative estimate of drug-likeness (QED) is 0.642. The molecule has 9 heteroatoms. The van der Waals surface area contributed by atoms with Gasteiger partial charge < -0.3 is 14.4 Å². The lowest BCUT2D eigenvalue weighted by Gasteiger charge is -2.43. The second kappa shape index (κ2) is 6.27. The maximum absolute atomic E-state index is 12.4. The van der Waals surface area contributed by atoms with Crippen LogP contribution < -0.4 is 0 Å². The van der Waals surface area contributed by atoms with E-state index in [1.807, 2.05) is 0 Å². The van der Waals surface area contributed by atoms with Crippen molar-refractivity contribution < 1.29 is 27.5 Å². The minimum Gasteiger partial charge on any atom is -0.468 e. The van der Waals surface area contributed by atoms with Crippen LogP contribution in [0.3, 0.4) is 0 Å². The summed E-state index contributed by atoms with van der Waals surface area (Å²) in [6.07, 6.45) is -0.512. The Bertz CT molecular complexity index is 583. The first-order chi connectivity index (χ1) is 10.5. The van der Waals surface area contributed by atoms with Crippen molar-refractivity contribution in [3.05, 3.63) is 0 Å². The molecule has 132 valence electrons. The molecule has 2 rings (SSSR count). The molecule has 0 aromatic heterocycles. The van der Waals surface area contributed by atoms with Gasteiger partial charge in [0.15, 0.2) is 9.84 Å². The van der Waals surface area contributed by atoms with Crippen molar-refractivity contribution in [1.82, 2.24) is 9.80 Å². The van der Waals surface area contributed by atoms with E-state index in [0.717, 1.165) is 0 Å². The molecule has 2 saturated heterocycles. The Labute approximate surface area is 136 Å².